The molecule has 0 aliphatic carbocycles. The minimum atomic E-state index is 0.0101. The van der Waals surface area contributed by atoms with Gasteiger partial charge in [0.15, 0.2) is 0 Å². The van der Waals surface area contributed by atoms with E-state index < -0.39 is 0 Å². The molecule has 3 heteroatoms. The molecule has 2 atom stereocenters. The molecular weight excluding hydrogens is 212 g/mol. The molecule has 1 aliphatic heterocycles. The average Bonchev–Trinajstić information content (AvgIpc) is 2.27. The van der Waals surface area contributed by atoms with Gasteiger partial charge < -0.3 is 10.1 Å². The average molecular weight is 242 g/mol. The van der Waals surface area contributed by atoms with Crippen LogP contribution < -0.4 is 5.32 Å². The van der Waals surface area contributed by atoms with Crippen LogP contribution in [0.3, 0.4) is 0 Å². The maximum Gasteiger partial charge on any atom is 0.0753 e. The van der Waals surface area contributed by atoms with Gasteiger partial charge in [-0.15, -0.1) is 0 Å². The van der Waals surface area contributed by atoms with Gasteiger partial charge in [0.25, 0.3) is 0 Å². The maximum atomic E-state index is 5.80. The molecule has 2 unspecified atom stereocenters. The Hall–Kier alpha value is -0.120. The summed E-state index contributed by atoms with van der Waals surface area (Å²) in [6.07, 6.45) is 3.71. The molecule has 0 aromatic rings. The standard InChI is InChI=1S/C14H30N2O/c1-6-8-12(15-5)13(7-2)16-9-10-17-14(3,4)11-16/h12-13,15H,6-11H2,1-5H3. The molecule has 1 N–H and O–H groups in total. The molecule has 1 saturated heterocycles. The number of hydrogen-bond acceptors (Lipinski definition) is 3. The van der Waals surface area contributed by atoms with Gasteiger partial charge in [0.05, 0.1) is 12.2 Å². The zero-order valence-electron chi connectivity index (χ0n) is 12.3. The highest BCUT2D eigenvalue weighted by atomic mass is 16.5. The smallest absolute Gasteiger partial charge is 0.0753 e. The first-order valence-electron chi connectivity index (χ1n) is 7.09. The van der Waals surface area contributed by atoms with Crippen LogP contribution in [-0.4, -0.2) is 49.3 Å². The van der Waals surface area contributed by atoms with Crippen LogP contribution in [0.4, 0.5) is 0 Å². The molecule has 3 nitrogen and oxygen atoms in total. The summed E-state index contributed by atoms with van der Waals surface area (Å²) in [6, 6.07) is 1.25. The molecule has 0 aromatic carbocycles. The normalized spacial score (nSPS) is 24.5. The fraction of sp³-hybridized carbons (Fsp3) is 1.00. The van der Waals surface area contributed by atoms with Crippen LogP contribution in [0, 0.1) is 0 Å². The van der Waals surface area contributed by atoms with E-state index in [-0.39, 0.29) is 5.60 Å². The lowest BCUT2D eigenvalue weighted by molar-refractivity contribution is -0.101. The van der Waals surface area contributed by atoms with Crippen molar-refractivity contribution in [3.8, 4) is 0 Å². The Labute approximate surface area is 107 Å². The Bertz CT molecular complexity index is 218. The minimum absolute atomic E-state index is 0.0101. The first-order chi connectivity index (χ1) is 8.04. The van der Waals surface area contributed by atoms with Gasteiger partial charge in [-0.3, -0.25) is 4.90 Å². The Morgan fingerprint density at radius 3 is 2.53 bits per heavy atom. The van der Waals surface area contributed by atoms with Gasteiger partial charge in [0.2, 0.25) is 0 Å². The fourth-order valence-electron chi connectivity index (χ4n) is 2.97. The van der Waals surface area contributed by atoms with Crippen LogP contribution in [-0.2, 0) is 4.74 Å². The molecule has 1 heterocycles. The Balaban J connectivity index is 2.65. The van der Waals surface area contributed by atoms with Gasteiger partial charge in [0, 0.05) is 25.2 Å². The zero-order valence-corrected chi connectivity index (χ0v) is 12.3. The number of hydrogen-bond donors (Lipinski definition) is 1. The third kappa shape index (κ3) is 4.23. The van der Waals surface area contributed by atoms with Gasteiger partial charge in [-0.2, -0.15) is 0 Å². The predicted molar refractivity (Wildman–Crippen MR) is 73.4 cm³/mol. The zero-order chi connectivity index (χ0) is 12.9. The minimum Gasteiger partial charge on any atom is -0.373 e. The second-order valence-electron chi connectivity index (χ2n) is 5.74. The lowest BCUT2D eigenvalue weighted by Gasteiger charge is -2.44. The molecule has 0 bridgehead atoms. The van der Waals surface area contributed by atoms with Crippen LogP contribution in [0.1, 0.15) is 47.0 Å². The highest BCUT2D eigenvalue weighted by molar-refractivity contribution is 4.88. The second-order valence-corrected chi connectivity index (χ2v) is 5.74. The van der Waals surface area contributed by atoms with Crippen molar-refractivity contribution in [3.05, 3.63) is 0 Å². The summed E-state index contributed by atoms with van der Waals surface area (Å²) in [6.45, 7) is 11.9. The summed E-state index contributed by atoms with van der Waals surface area (Å²) in [4.78, 5) is 2.61. The van der Waals surface area contributed by atoms with E-state index in [1.807, 2.05) is 0 Å². The molecular formula is C14H30N2O. The molecule has 0 radical (unpaired) electrons. The van der Waals surface area contributed by atoms with Crippen molar-refractivity contribution < 1.29 is 4.74 Å². The molecule has 1 rings (SSSR count). The molecule has 1 aliphatic rings. The van der Waals surface area contributed by atoms with Gasteiger partial charge >= 0.3 is 0 Å². The lowest BCUT2D eigenvalue weighted by Crippen LogP contribution is -2.57. The summed E-state index contributed by atoms with van der Waals surface area (Å²) in [5.74, 6) is 0. The van der Waals surface area contributed by atoms with Crippen LogP contribution in [0.25, 0.3) is 0 Å². The van der Waals surface area contributed by atoms with E-state index >= 15 is 0 Å². The van der Waals surface area contributed by atoms with Gasteiger partial charge in [-0.1, -0.05) is 20.3 Å². The van der Waals surface area contributed by atoms with E-state index in [4.69, 9.17) is 4.74 Å². The van der Waals surface area contributed by atoms with Crippen LogP contribution in [0.15, 0.2) is 0 Å². The van der Waals surface area contributed by atoms with Crippen LogP contribution in [0.2, 0.25) is 0 Å². The summed E-state index contributed by atoms with van der Waals surface area (Å²) in [5, 5.41) is 3.50. The van der Waals surface area contributed by atoms with Crippen molar-refractivity contribution in [2.45, 2.75) is 64.6 Å². The molecule has 0 aromatic heterocycles. The van der Waals surface area contributed by atoms with E-state index in [0.717, 1.165) is 19.7 Å². The fourth-order valence-corrected chi connectivity index (χ4v) is 2.97. The molecule has 102 valence electrons. The van der Waals surface area contributed by atoms with Crippen molar-refractivity contribution >= 4 is 0 Å². The van der Waals surface area contributed by atoms with Crippen molar-refractivity contribution in [2.24, 2.45) is 0 Å². The third-order valence-electron chi connectivity index (χ3n) is 3.78. The first kappa shape index (κ1) is 14.9. The first-order valence-corrected chi connectivity index (χ1v) is 7.09. The number of likely N-dealkylation sites (N-methyl/N-ethyl adjacent to an activating group) is 1. The van der Waals surface area contributed by atoms with Gasteiger partial charge in [0.1, 0.15) is 0 Å². The molecule has 17 heavy (non-hydrogen) atoms. The van der Waals surface area contributed by atoms with E-state index in [2.05, 4.69) is 45.0 Å². The maximum absolute atomic E-state index is 5.80. The van der Waals surface area contributed by atoms with E-state index in [1.165, 1.54) is 19.3 Å². The Morgan fingerprint density at radius 2 is 2.06 bits per heavy atom. The van der Waals surface area contributed by atoms with Gasteiger partial charge in [-0.05, 0) is 33.7 Å². The molecule has 0 amide bonds. The monoisotopic (exact) mass is 242 g/mol. The number of rotatable bonds is 6. The summed E-state index contributed by atoms with van der Waals surface area (Å²) in [5.41, 5.74) is 0.0101. The van der Waals surface area contributed by atoms with Crippen molar-refractivity contribution in [3.63, 3.8) is 0 Å². The number of morpholine rings is 1. The summed E-state index contributed by atoms with van der Waals surface area (Å²) >= 11 is 0. The third-order valence-corrected chi connectivity index (χ3v) is 3.78. The van der Waals surface area contributed by atoms with E-state index in [9.17, 15) is 0 Å². The van der Waals surface area contributed by atoms with Crippen molar-refractivity contribution in [1.82, 2.24) is 10.2 Å². The number of nitrogens with zero attached hydrogens (tertiary/aromatic N) is 1. The molecule has 0 saturated carbocycles. The predicted octanol–water partition coefficient (Wildman–Crippen LogP) is 2.26. The summed E-state index contributed by atoms with van der Waals surface area (Å²) in [7, 11) is 2.09. The quantitative estimate of drug-likeness (QED) is 0.773. The second kappa shape index (κ2) is 6.72. The van der Waals surface area contributed by atoms with E-state index in [1.54, 1.807) is 0 Å². The van der Waals surface area contributed by atoms with Crippen LogP contribution >= 0.6 is 0 Å². The van der Waals surface area contributed by atoms with Gasteiger partial charge in [-0.25, -0.2) is 0 Å². The van der Waals surface area contributed by atoms with Crippen molar-refractivity contribution in [1.29, 1.82) is 0 Å². The lowest BCUT2D eigenvalue weighted by atomic mass is 9.96. The van der Waals surface area contributed by atoms with Crippen LogP contribution in [0.5, 0.6) is 0 Å². The SMILES string of the molecule is CCCC(NC)C(CC)N1CCOC(C)(C)C1. The highest BCUT2D eigenvalue weighted by Crippen LogP contribution is 2.22. The summed E-state index contributed by atoms with van der Waals surface area (Å²) < 4.78 is 5.80. The van der Waals surface area contributed by atoms with E-state index in [0.29, 0.717) is 12.1 Å². The Morgan fingerprint density at radius 1 is 1.35 bits per heavy atom. The van der Waals surface area contributed by atoms with Crippen molar-refractivity contribution in [2.75, 3.05) is 26.7 Å². The number of ether oxygens (including phenoxy) is 1. The topological polar surface area (TPSA) is 24.5 Å². The number of nitrogens with one attached hydrogen (secondary N) is 1. The molecule has 0 spiro atoms. The molecule has 1 fully saturated rings. The Kier molecular flexibility index (Phi) is 5.90. The largest absolute Gasteiger partial charge is 0.373 e. The highest BCUT2D eigenvalue weighted by Gasteiger charge is 2.33.